The third kappa shape index (κ3) is 3.52. The van der Waals surface area contributed by atoms with E-state index in [-0.39, 0.29) is 11.9 Å². The van der Waals surface area contributed by atoms with Gasteiger partial charge in [0, 0.05) is 24.5 Å². The van der Waals surface area contributed by atoms with Gasteiger partial charge >= 0.3 is 0 Å². The van der Waals surface area contributed by atoms with Gasteiger partial charge in [0.25, 0.3) is 0 Å². The molecule has 1 aliphatic heterocycles. The Bertz CT molecular complexity index is 864. The molecule has 1 aliphatic rings. The van der Waals surface area contributed by atoms with E-state index in [0.29, 0.717) is 0 Å². The van der Waals surface area contributed by atoms with E-state index in [4.69, 9.17) is 0 Å². The second-order valence-electron chi connectivity index (χ2n) is 6.22. The molecular formula is C18H20FN5S. The van der Waals surface area contributed by atoms with Crippen molar-refractivity contribution in [1.29, 1.82) is 0 Å². The van der Waals surface area contributed by atoms with Gasteiger partial charge in [0.15, 0.2) is 5.16 Å². The number of aromatic nitrogens is 4. The largest absolute Gasteiger partial charge is 0.341 e. The molecule has 0 amide bonds. The van der Waals surface area contributed by atoms with Gasteiger partial charge in [0.2, 0.25) is 0 Å². The summed E-state index contributed by atoms with van der Waals surface area (Å²) in [6.07, 6.45) is 6.00. The van der Waals surface area contributed by atoms with Gasteiger partial charge in [0.05, 0.1) is 17.1 Å². The van der Waals surface area contributed by atoms with Gasteiger partial charge in [-0.1, -0.05) is 18.7 Å². The number of nitrogens with one attached hydrogen (secondary N) is 1. The predicted octanol–water partition coefficient (Wildman–Crippen LogP) is 3.94. The number of rotatable bonds is 5. The van der Waals surface area contributed by atoms with Gasteiger partial charge in [-0.25, -0.2) is 19.3 Å². The fraction of sp³-hybridized carbons (Fsp3) is 0.389. The van der Waals surface area contributed by atoms with Gasteiger partial charge in [-0.05, 0) is 43.3 Å². The summed E-state index contributed by atoms with van der Waals surface area (Å²) >= 11 is 1.65. The Hall–Kier alpha value is -1.99. The van der Waals surface area contributed by atoms with E-state index in [1.165, 1.54) is 12.1 Å². The molecule has 0 spiro atoms. The summed E-state index contributed by atoms with van der Waals surface area (Å²) in [5.41, 5.74) is 2.67. The van der Waals surface area contributed by atoms with Crippen LogP contribution in [0.1, 0.15) is 37.2 Å². The molecule has 2 aromatic heterocycles. The fourth-order valence-corrected chi connectivity index (χ4v) is 3.86. The maximum atomic E-state index is 13.4. The van der Waals surface area contributed by atoms with Crippen molar-refractivity contribution in [2.24, 2.45) is 0 Å². The van der Waals surface area contributed by atoms with Crippen LogP contribution >= 0.6 is 11.8 Å². The summed E-state index contributed by atoms with van der Waals surface area (Å²) in [5, 5.41) is 0.823. The highest BCUT2D eigenvalue weighted by molar-refractivity contribution is 7.99. The summed E-state index contributed by atoms with van der Waals surface area (Å²) in [6.45, 7) is 3.91. The zero-order valence-electron chi connectivity index (χ0n) is 14.1. The van der Waals surface area contributed by atoms with Crippen LogP contribution in [-0.4, -0.2) is 37.1 Å². The number of thioether (sulfide) groups is 1. The Morgan fingerprint density at radius 1 is 1.32 bits per heavy atom. The first-order valence-corrected chi connectivity index (χ1v) is 9.54. The van der Waals surface area contributed by atoms with Crippen molar-refractivity contribution in [3.05, 3.63) is 47.8 Å². The molecule has 7 heteroatoms. The summed E-state index contributed by atoms with van der Waals surface area (Å²) in [4.78, 5) is 19.2. The van der Waals surface area contributed by atoms with E-state index < -0.39 is 0 Å². The Morgan fingerprint density at radius 2 is 2.16 bits per heavy atom. The van der Waals surface area contributed by atoms with Gasteiger partial charge in [-0.2, -0.15) is 0 Å². The second-order valence-corrected chi connectivity index (χ2v) is 7.45. The van der Waals surface area contributed by atoms with Crippen molar-refractivity contribution < 1.29 is 4.39 Å². The lowest BCUT2D eigenvalue weighted by molar-refractivity contribution is 0.240. The molecule has 3 heterocycles. The molecule has 1 unspecified atom stereocenters. The topological polar surface area (TPSA) is 57.7 Å². The highest BCUT2D eigenvalue weighted by Crippen LogP contribution is 2.32. The molecule has 1 aromatic carbocycles. The van der Waals surface area contributed by atoms with Crippen LogP contribution in [0.4, 0.5) is 4.39 Å². The molecule has 0 radical (unpaired) electrons. The molecule has 0 aliphatic carbocycles. The minimum atomic E-state index is -0.242. The number of H-pyrrole nitrogens is 1. The standard InChI is InChI=1S/C18H20FN5S/c1-2-25-18-20-9-12(10-21-18)11-24-7-3-4-16(24)17-22-14-6-5-13(19)8-15(14)23-17/h5-6,8-10,16H,2-4,7,11H2,1H3,(H,22,23). The van der Waals surface area contributed by atoms with Crippen LogP contribution in [0.15, 0.2) is 35.7 Å². The normalized spacial score (nSPS) is 18.2. The number of halogens is 1. The number of fused-ring (bicyclic) bond motifs is 1. The average Bonchev–Trinajstić information content (AvgIpc) is 3.22. The molecule has 25 heavy (non-hydrogen) atoms. The van der Waals surface area contributed by atoms with Crippen molar-refractivity contribution in [1.82, 2.24) is 24.8 Å². The molecule has 0 bridgehead atoms. The maximum Gasteiger partial charge on any atom is 0.187 e. The predicted molar refractivity (Wildman–Crippen MR) is 96.9 cm³/mol. The number of likely N-dealkylation sites (tertiary alicyclic amines) is 1. The lowest BCUT2D eigenvalue weighted by Crippen LogP contribution is -2.23. The summed E-state index contributed by atoms with van der Waals surface area (Å²) < 4.78 is 13.4. The van der Waals surface area contributed by atoms with Crippen LogP contribution in [0, 0.1) is 5.82 Å². The van der Waals surface area contributed by atoms with Gasteiger partial charge < -0.3 is 4.98 Å². The Morgan fingerprint density at radius 3 is 2.96 bits per heavy atom. The van der Waals surface area contributed by atoms with E-state index in [1.54, 1.807) is 17.8 Å². The summed E-state index contributed by atoms with van der Waals surface area (Å²) in [6, 6.07) is 4.90. The highest BCUT2D eigenvalue weighted by atomic mass is 32.2. The first-order chi connectivity index (χ1) is 12.2. The third-order valence-corrected chi connectivity index (χ3v) is 5.24. The zero-order chi connectivity index (χ0) is 17.2. The molecule has 1 N–H and O–H groups in total. The fourth-order valence-electron chi connectivity index (χ4n) is 3.35. The number of aromatic amines is 1. The molecule has 1 atom stereocenters. The molecule has 1 saturated heterocycles. The van der Waals surface area contributed by atoms with Crippen LogP contribution in [0.2, 0.25) is 0 Å². The molecule has 5 nitrogen and oxygen atoms in total. The van der Waals surface area contributed by atoms with Crippen molar-refractivity contribution in [3.8, 4) is 0 Å². The van der Waals surface area contributed by atoms with E-state index in [1.807, 2.05) is 12.4 Å². The van der Waals surface area contributed by atoms with Crippen LogP contribution in [0.25, 0.3) is 11.0 Å². The van der Waals surface area contributed by atoms with Crippen molar-refractivity contribution in [2.75, 3.05) is 12.3 Å². The minimum absolute atomic E-state index is 0.222. The number of hydrogen-bond acceptors (Lipinski definition) is 5. The lowest BCUT2D eigenvalue weighted by atomic mass is 10.2. The van der Waals surface area contributed by atoms with E-state index in [2.05, 4.69) is 31.8 Å². The third-order valence-electron chi connectivity index (χ3n) is 4.48. The highest BCUT2D eigenvalue weighted by Gasteiger charge is 2.28. The van der Waals surface area contributed by atoms with Crippen molar-refractivity contribution >= 4 is 22.8 Å². The summed E-state index contributed by atoms with van der Waals surface area (Å²) in [7, 11) is 0. The van der Waals surface area contributed by atoms with Gasteiger partial charge in [0.1, 0.15) is 11.6 Å². The lowest BCUT2D eigenvalue weighted by Gasteiger charge is -2.22. The molecule has 4 rings (SSSR count). The van der Waals surface area contributed by atoms with E-state index in [9.17, 15) is 4.39 Å². The molecular weight excluding hydrogens is 337 g/mol. The SMILES string of the molecule is CCSc1ncc(CN2CCCC2c2nc3ccc(F)cc3[nH]2)cn1. The van der Waals surface area contributed by atoms with Crippen LogP contribution in [0.3, 0.4) is 0 Å². The monoisotopic (exact) mass is 357 g/mol. The van der Waals surface area contributed by atoms with Crippen LogP contribution in [-0.2, 0) is 6.54 Å². The second kappa shape index (κ2) is 7.09. The molecule has 3 aromatic rings. The number of nitrogens with zero attached hydrogens (tertiary/aromatic N) is 4. The van der Waals surface area contributed by atoms with Crippen molar-refractivity contribution in [2.45, 2.75) is 37.5 Å². The zero-order valence-corrected chi connectivity index (χ0v) is 14.9. The molecule has 0 saturated carbocycles. The Labute approximate surface area is 150 Å². The number of hydrogen-bond donors (Lipinski definition) is 1. The molecule has 1 fully saturated rings. The number of imidazole rings is 1. The smallest absolute Gasteiger partial charge is 0.187 e. The maximum absolute atomic E-state index is 13.4. The van der Waals surface area contributed by atoms with E-state index in [0.717, 1.165) is 59.3 Å². The Kier molecular flexibility index (Phi) is 4.67. The van der Waals surface area contributed by atoms with Crippen LogP contribution < -0.4 is 0 Å². The number of benzene rings is 1. The van der Waals surface area contributed by atoms with Gasteiger partial charge in [-0.15, -0.1) is 0 Å². The quantitative estimate of drug-likeness (QED) is 0.554. The van der Waals surface area contributed by atoms with Crippen LogP contribution in [0.5, 0.6) is 0 Å². The molecule has 130 valence electrons. The van der Waals surface area contributed by atoms with Gasteiger partial charge in [-0.3, -0.25) is 4.90 Å². The van der Waals surface area contributed by atoms with Crippen molar-refractivity contribution in [3.63, 3.8) is 0 Å². The first kappa shape index (κ1) is 16.5. The summed E-state index contributed by atoms with van der Waals surface area (Å²) in [5.74, 6) is 1.64. The first-order valence-electron chi connectivity index (χ1n) is 8.56. The minimum Gasteiger partial charge on any atom is -0.341 e. The average molecular weight is 357 g/mol. The Balaban J connectivity index is 1.53. The van der Waals surface area contributed by atoms with E-state index >= 15 is 0 Å².